The number of nitrogens with zero attached hydrogens (tertiary/aromatic N) is 2. The first kappa shape index (κ1) is 17.1. The van der Waals surface area contributed by atoms with Gasteiger partial charge in [-0.1, -0.05) is 35.3 Å². The molecule has 0 aliphatic rings. The SMILES string of the molecule is O=[N+]([O-])c1cc(COCc2ccc(Cl)c([N+](=O)[O-])c2)ccc1Cl. The van der Waals surface area contributed by atoms with E-state index in [4.69, 9.17) is 27.9 Å². The lowest BCUT2D eigenvalue weighted by molar-refractivity contribution is -0.384. The fourth-order valence-corrected chi connectivity index (χ4v) is 2.24. The van der Waals surface area contributed by atoms with Gasteiger partial charge in [0.25, 0.3) is 11.4 Å². The number of nitro groups is 2. The van der Waals surface area contributed by atoms with E-state index in [0.717, 1.165) is 0 Å². The molecule has 23 heavy (non-hydrogen) atoms. The summed E-state index contributed by atoms with van der Waals surface area (Å²) in [6.07, 6.45) is 0. The van der Waals surface area contributed by atoms with E-state index in [1.807, 2.05) is 0 Å². The predicted molar refractivity (Wildman–Crippen MR) is 84.7 cm³/mol. The molecule has 2 rings (SSSR count). The molecule has 0 bridgehead atoms. The second kappa shape index (κ2) is 7.36. The van der Waals surface area contributed by atoms with E-state index in [1.165, 1.54) is 24.3 Å². The van der Waals surface area contributed by atoms with E-state index in [2.05, 4.69) is 0 Å². The van der Waals surface area contributed by atoms with E-state index in [9.17, 15) is 20.2 Å². The highest BCUT2D eigenvalue weighted by Crippen LogP contribution is 2.27. The summed E-state index contributed by atoms with van der Waals surface area (Å²) in [7, 11) is 0. The molecule has 0 atom stereocenters. The number of ether oxygens (including phenoxy) is 1. The molecule has 0 saturated heterocycles. The summed E-state index contributed by atoms with van der Waals surface area (Å²) in [5.41, 5.74) is 0.749. The van der Waals surface area contributed by atoms with Crippen molar-refractivity contribution in [2.75, 3.05) is 0 Å². The van der Waals surface area contributed by atoms with Crippen LogP contribution in [0.2, 0.25) is 10.0 Å². The summed E-state index contributed by atoms with van der Waals surface area (Å²) in [6.45, 7) is 0.211. The topological polar surface area (TPSA) is 95.5 Å². The number of halogens is 2. The van der Waals surface area contributed by atoms with E-state index in [0.29, 0.717) is 11.1 Å². The molecule has 0 aliphatic carbocycles. The Balaban J connectivity index is 2.03. The van der Waals surface area contributed by atoms with Crippen LogP contribution in [0.15, 0.2) is 36.4 Å². The molecule has 120 valence electrons. The molecule has 2 aromatic carbocycles. The first-order valence-electron chi connectivity index (χ1n) is 6.32. The van der Waals surface area contributed by atoms with Gasteiger partial charge in [-0.3, -0.25) is 20.2 Å². The van der Waals surface area contributed by atoms with Crippen molar-refractivity contribution in [2.24, 2.45) is 0 Å². The van der Waals surface area contributed by atoms with Crippen LogP contribution >= 0.6 is 23.2 Å². The Morgan fingerprint density at radius 1 is 0.826 bits per heavy atom. The Kier molecular flexibility index (Phi) is 5.49. The molecule has 2 aromatic rings. The monoisotopic (exact) mass is 356 g/mol. The second-order valence-electron chi connectivity index (χ2n) is 4.58. The van der Waals surface area contributed by atoms with Gasteiger partial charge in [0.05, 0.1) is 23.1 Å². The van der Waals surface area contributed by atoms with Crippen molar-refractivity contribution in [2.45, 2.75) is 13.2 Å². The van der Waals surface area contributed by atoms with Crippen molar-refractivity contribution in [3.8, 4) is 0 Å². The molecule has 0 spiro atoms. The number of rotatable bonds is 6. The number of hydrogen-bond acceptors (Lipinski definition) is 5. The minimum Gasteiger partial charge on any atom is -0.372 e. The molecule has 0 fully saturated rings. The van der Waals surface area contributed by atoms with E-state index in [-0.39, 0.29) is 34.6 Å². The third-order valence-corrected chi connectivity index (χ3v) is 3.59. The van der Waals surface area contributed by atoms with Crippen LogP contribution in [0.3, 0.4) is 0 Å². The van der Waals surface area contributed by atoms with Gasteiger partial charge >= 0.3 is 0 Å². The summed E-state index contributed by atoms with van der Waals surface area (Å²) in [6, 6.07) is 8.72. The third kappa shape index (κ3) is 4.38. The highest BCUT2D eigenvalue weighted by atomic mass is 35.5. The zero-order chi connectivity index (χ0) is 17.0. The molecule has 0 heterocycles. The third-order valence-electron chi connectivity index (χ3n) is 2.95. The van der Waals surface area contributed by atoms with Crippen LogP contribution in [0.25, 0.3) is 0 Å². The predicted octanol–water partition coefficient (Wildman–Crippen LogP) is 4.53. The summed E-state index contributed by atoms with van der Waals surface area (Å²) in [4.78, 5) is 20.5. The zero-order valence-corrected chi connectivity index (χ0v) is 13.1. The van der Waals surface area contributed by atoms with Crippen molar-refractivity contribution >= 4 is 34.6 Å². The van der Waals surface area contributed by atoms with Crippen molar-refractivity contribution in [3.05, 3.63) is 77.8 Å². The molecule has 0 saturated carbocycles. The van der Waals surface area contributed by atoms with Gasteiger partial charge in [0, 0.05) is 12.1 Å². The molecular formula is C14H10Cl2N2O5. The molecule has 0 N–H and O–H groups in total. The number of hydrogen-bond donors (Lipinski definition) is 0. The lowest BCUT2D eigenvalue weighted by atomic mass is 10.2. The van der Waals surface area contributed by atoms with Crippen molar-refractivity contribution < 1.29 is 14.6 Å². The van der Waals surface area contributed by atoms with E-state index >= 15 is 0 Å². The normalized spacial score (nSPS) is 10.5. The molecule has 0 amide bonds. The average Bonchev–Trinajstić information content (AvgIpc) is 2.50. The lowest BCUT2D eigenvalue weighted by Crippen LogP contribution is -1.97. The van der Waals surface area contributed by atoms with Crippen molar-refractivity contribution in [1.29, 1.82) is 0 Å². The summed E-state index contributed by atoms with van der Waals surface area (Å²) >= 11 is 11.4. The fraction of sp³-hybridized carbons (Fsp3) is 0.143. The van der Waals surface area contributed by atoms with Gasteiger partial charge in [0.1, 0.15) is 10.0 Å². The quantitative estimate of drug-likeness (QED) is 0.559. The van der Waals surface area contributed by atoms with Gasteiger partial charge in [0.15, 0.2) is 0 Å². The Labute approximate surface area is 140 Å². The van der Waals surface area contributed by atoms with Gasteiger partial charge < -0.3 is 4.74 Å². The maximum atomic E-state index is 10.8. The van der Waals surface area contributed by atoms with Crippen LogP contribution in [0.5, 0.6) is 0 Å². The number of nitro benzene ring substituents is 2. The highest BCUT2D eigenvalue weighted by molar-refractivity contribution is 6.32. The molecule has 0 aromatic heterocycles. The minimum absolute atomic E-state index is 0.0482. The molecule has 0 aliphatic heterocycles. The summed E-state index contributed by atoms with van der Waals surface area (Å²) in [5.74, 6) is 0. The fourth-order valence-electron chi connectivity index (χ4n) is 1.86. The number of benzene rings is 2. The molecule has 0 unspecified atom stereocenters. The first-order valence-corrected chi connectivity index (χ1v) is 7.07. The zero-order valence-electron chi connectivity index (χ0n) is 11.6. The van der Waals surface area contributed by atoms with Crippen molar-refractivity contribution in [3.63, 3.8) is 0 Å². The van der Waals surface area contributed by atoms with Crippen LogP contribution in [0, 0.1) is 20.2 Å². The molecule has 7 nitrogen and oxygen atoms in total. The van der Waals surface area contributed by atoms with Gasteiger partial charge in [-0.2, -0.15) is 0 Å². The Hall–Kier alpha value is -2.22. The molecule has 0 radical (unpaired) electrons. The van der Waals surface area contributed by atoms with Gasteiger partial charge in [-0.25, -0.2) is 0 Å². The van der Waals surface area contributed by atoms with Crippen LogP contribution < -0.4 is 0 Å². The summed E-state index contributed by atoms with van der Waals surface area (Å²) in [5, 5.41) is 21.7. The lowest BCUT2D eigenvalue weighted by Gasteiger charge is -2.06. The minimum atomic E-state index is -0.575. The smallest absolute Gasteiger partial charge is 0.288 e. The second-order valence-corrected chi connectivity index (χ2v) is 5.39. The van der Waals surface area contributed by atoms with Crippen LogP contribution in [-0.2, 0) is 18.0 Å². The Morgan fingerprint density at radius 2 is 1.22 bits per heavy atom. The maximum Gasteiger partial charge on any atom is 0.288 e. The standard InChI is InChI=1S/C14H10Cl2N2O5/c15-11-3-1-9(5-13(11)17(19)20)7-23-8-10-2-4-12(16)14(6-10)18(21)22/h1-6H,7-8H2. The Bertz CT molecular complexity index is 703. The van der Waals surface area contributed by atoms with Gasteiger partial charge in [0.2, 0.25) is 0 Å². The van der Waals surface area contributed by atoms with Crippen LogP contribution in [-0.4, -0.2) is 9.85 Å². The largest absolute Gasteiger partial charge is 0.372 e. The van der Waals surface area contributed by atoms with E-state index in [1.54, 1.807) is 12.1 Å². The van der Waals surface area contributed by atoms with Crippen molar-refractivity contribution in [1.82, 2.24) is 0 Å². The van der Waals surface area contributed by atoms with Crippen LogP contribution in [0.4, 0.5) is 11.4 Å². The first-order chi connectivity index (χ1) is 10.9. The highest BCUT2D eigenvalue weighted by Gasteiger charge is 2.14. The summed E-state index contributed by atoms with van der Waals surface area (Å²) < 4.78 is 5.42. The average molecular weight is 357 g/mol. The Morgan fingerprint density at radius 3 is 1.57 bits per heavy atom. The molecular weight excluding hydrogens is 347 g/mol. The van der Waals surface area contributed by atoms with Crippen LogP contribution in [0.1, 0.15) is 11.1 Å². The van der Waals surface area contributed by atoms with Gasteiger partial charge in [-0.15, -0.1) is 0 Å². The van der Waals surface area contributed by atoms with Gasteiger partial charge in [-0.05, 0) is 23.3 Å². The maximum absolute atomic E-state index is 10.8. The van der Waals surface area contributed by atoms with E-state index < -0.39 is 9.85 Å². The molecule has 9 heteroatoms.